The standard InChI is InChI=1S/C28H25F2NO4.C27H24F2N2O4/c1-5-19-9-6-10-20(15-19)18-34-22-12-7-11-21(16-22)31(17-25(32)35-28(2,3)4)27(33)26-23(29)13-8-14-24(26)30;1-27(2,3)35-24(32)16-31(26(33)25-22(28)12-7-13-23(25)29)20-10-6-11-21(14-20)34-17-19-9-5-4-8-18(19)15-30/h1,6-16H,17-18H2,2-4H3;4-14H,16-17H2,1-3H3. The highest BCUT2D eigenvalue weighted by Crippen LogP contribution is 2.28. The molecule has 6 rings (SSSR count). The Kier molecular flexibility index (Phi) is 17.7. The predicted molar refractivity (Wildman–Crippen MR) is 255 cm³/mol. The van der Waals surface area contributed by atoms with Gasteiger partial charge in [0, 0.05) is 34.6 Å². The van der Waals surface area contributed by atoms with E-state index in [1.165, 1.54) is 24.3 Å². The van der Waals surface area contributed by atoms with E-state index in [9.17, 15) is 42.0 Å². The van der Waals surface area contributed by atoms with Crippen LogP contribution in [0.4, 0.5) is 28.9 Å². The molecule has 360 valence electrons. The molecular formula is C55H49F4N3O8. The zero-order valence-corrected chi connectivity index (χ0v) is 39.2. The summed E-state index contributed by atoms with van der Waals surface area (Å²) in [6.45, 7) is 9.17. The van der Waals surface area contributed by atoms with Gasteiger partial charge in [-0.05, 0) is 114 Å². The third-order valence-electron chi connectivity index (χ3n) is 9.55. The van der Waals surface area contributed by atoms with Crippen molar-refractivity contribution in [1.29, 1.82) is 5.26 Å². The van der Waals surface area contributed by atoms with Crippen LogP contribution in [0, 0.1) is 46.9 Å². The highest BCUT2D eigenvalue weighted by Gasteiger charge is 2.30. The van der Waals surface area contributed by atoms with E-state index >= 15 is 0 Å². The summed E-state index contributed by atoms with van der Waals surface area (Å²) in [5.41, 5.74) is -0.147. The number of anilines is 2. The van der Waals surface area contributed by atoms with Gasteiger partial charge in [-0.3, -0.25) is 29.0 Å². The molecule has 15 heteroatoms. The number of nitriles is 1. The molecule has 0 spiro atoms. The van der Waals surface area contributed by atoms with Crippen molar-refractivity contribution in [3.05, 3.63) is 190 Å². The van der Waals surface area contributed by atoms with E-state index in [0.717, 1.165) is 51.8 Å². The molecule has 0 aliphatic rings. The van der Waals surface area contributed by atoms with Crippen molar-refractivity contribution in [2.75, 3.05) is 22.9 Å². The van der Waals surface area contributed by atoms with Crippen LogP contribution in [0.5, 0.6) is 11.5 Å². The fourth-order valence-electron chi connectivity index (χ4n) is 6.56. The number of benzene rings is 6. The maximum absolute atomic E-state index is 14.4. The lowest BCUT2D eigenvalue weighted by Gasteiger charge is -2.26. The normalized spacial score (nSPS) is 10.9. The number of esters is 2. The number of ether oxygens (including phenoxy) is 4. The quantitative estimate of drug-likeness (QED) is 0.0594. The average Bonchev–Trinajstić information content (AvgIpc) is 3.30. The van der Waals surface area contributed by atoms with E-state index < -0.39 is 82.4 Å². The second-order valence-corrected chi connectivity index (χ2v) is 17.3. The van der Waals surface area contributed by atoms with Gasteiger partial charge < -0.3 is 18.9 Å². The number of hydrogen-bond acceptors (Lipinski definition) is 9. The highest BCUT2D eigenvalue weighted by atomic mass is 19.1. The first-order chi connectivity index (χ1) is 33.2. The van der Waals surface area contributed by atoms with E-state index in [0.29, 0.717) is 28.2 Å². The van der Waals surface area contributed by atoms with Gasteiger partial charge in [0.2, 0.25) is 0 Å². The average molecular weight is 956 g/mol. The van der Waals surface area contributed by atoms with Crippen LogP contribution < -0.4 is 19.3 Å². The maximum atomic E-state index is 14.4. The predicted octanol–water partition coefficient (Wildman–Crippen LogP) is 10.9. The Morgan fingerprint density at radius 2 is 0.986 bits per heavy atom. The summed E-state index contributed by atoms with van der Waals surface area (Å²) >= 11 is 0. The molecule has 6 aromatic rings. The zero-order valence-electron chi connectivity index (χ0n) is 39.2. The molecule has 0 N–H and O–H groups in total. The minimum atomic E-state index is -1.05. The molecule has 6 aromatic carbocycles. The molecule has 0 atom stereocenters. The molecule has 0 saturated carbocycles. The number of rotatable bonds is 14. The molecule has 0 saturated heterocycles. The minimum Gasteiger partial charge on any atom is -0.489 e. The summed E-state index contributed by atoms with van der Waals surface area (Å²) in [7, 11) is 0. The molecule has 0 radical (unpaired) electrons. The lowest BCUT2D eigenvalue weighted by atomic mass is 10.1. The molecule has 0 aromatic heterocycles. The van der Waals surface area contributed by atoms with E-state index in [-0.39, 0.29) is 24.6 Å². The van der Waals surface area contributed by atoms with E-state index in [4.69, 9.17) is 25.4 Å². The highest BCUT2D eigenvalue weighted by molar-refractivity contribution is 6.09. The summed E-state index contributed by atoms with van der Waals surface area (Å²) in [4.78, 5) is 53.4. The van der Waals surface area contributed by atoms with Gasteiger partial charge in [-0.2, -0.15) is 5.26 Å². The van der Waals surface area contributed by atoms with Crippen molar-refractivity contribution in [3.63, 3.8) is 0 Å². The minimum absolute atomic E-state index is 0.0785. The van der Waals surface area contributed by atoms with Crippen molar-refractivity contribution < 1.29 is 55.7 Å². The van der Waals surface area contributed by atoms with E-state index in [1.54, 1.807) is 96.1 Å². The fourth-order valence-corrected chi connectivity index (χ4v) is 6.56. The van der Waals surface area contributed by atoms with Crippen molar-refractivity contribution in [1.82, 2.24) is 0 Å². The Morgan fingerprint density at radius 1 is 0.557 bits per heavy atom. The number of carbonyl (C=O) groups is 4. The molecule has 0 heterocycles. The molecule has 11 nitrogen and oxygen atoms in total. The maximum Gasteiger partial charge on any atom is 0.326 e. The number of hydrogen-bond donors (Lipinski definition) is 0. The van der Waals surface area contributed by atoms with E-state index in [2.05, 4.69) is 12.0 Å². The third kappa shape index (κ3) is 15.0. The monoisotopic (exact) mass is 955 g/mol. The fraction of sp³-hybridized carbons (Fsp3) is 0.218. The number of carbonyl (C=O) groups excluding carboxylic acids is 4. The number of amides is 2. The third-order valence-corrected chi connectivity index (χ3v) is 9.55. The first-order valence-corrected chi connectivity index (χ1v) is 21.6. The summed E-state index contributed by atoms with van der Waals surface area (Å²) in [6.07, 6.45) is 5.44. The number of nitrogens with zero attached hydrogens (tertiary/aromatic N) is 3. The second kappa shape index (κ2) is 23.5. The van der Waals surface area contributed by atoms with Crippen LogP contribution >= 0.6 is 0 Å². The van der Waals surface area contributed by atoms with Crippen molar-refractivity contribution in [2.45, 2.75) is 66.0 Å². The van der Waals surface area contributed by atoms with Crippen LogP contribution in [0.2, 0.25) is 0 Å². The lowest BCUT2D eigenvalue weighted by Crippen LogP contribution is -2.39. The van der Waals surface area contributed by atoms with Crippen LogP contribution in [0.1, 0.15) is 84.5 Å². The van der Waals surface area contributed by atoms with Crippen LogP contribution in [0.25, 0.3) is 0 Å². The molecule has 70 heavy (non-hydrogen) atoms. The molecule has 2 amide bonds. The van der Waals surface area contributed by atoms with Gasteiger partial charge in [0.15, 0.2) is 0 Å². The van der Waals surface area contributed by atoms with Gasteiger partial charge in [-0.1, -0.05) is 60.5 Å². The van der Waals surface area contributed by atoms with Crippen LogP contribution in [0.15, 0.2) is 133 Å². The van der Waals surface area contributed by atoms with Crippen molar-refractivity contribution in [3.8, 4) is 29.9 Å². The summed E-state index contributed by atoms with van der Waals surface area (Å²) in [5, 5.41) is 9.26. The topological polar surface area (TPSA) is 135 Å². The molecule has 0 aliphatic heterocycles. The molecule has 0 fully saturated rings. The van der Waals surface area contributed by atoms with Gasteiger partial charge in [-0.25, -0.2) is 17.6 Å². The summed E-state index contributed by atoms with van der Waals surface area (Å²) in [5.74, 6) is -4.47. The molecule has 0 unspecified atom stereocenters. The van der Waals surface area contributed by atoms with Gasteiger partial charge in [0.25, 0.3) is 11.8 Å². The largest absolute Gasteiger partial charge is 0.489 e. The van der Waals surface area contributed by atoms with Crippen molar-refractivity contribution >= 4 is 35.1 Å². The second-order valence-electron chi connectivity index (χ2n) is 17.3. The van der Waals surface area contributed by atoms with Crippen LogP contribution in [-0.2, 0) is 32.3 Å². The Hall–Kier alpha value is -8.43. The van der Waals surface area contributed by atoms with Gasteiger partial charge >= 0.3 is 11.9 Å². The van der Waals surface area contributed by atoms with Crippen LogP contribution in [-0.4, -0.2) is 48.0 Å². The molecule has 0 bridgehead atoms. The first kappa shape index (κ1) is 52.5. The Bertz CT molecular complexity index is 2910. The molecule has 0 aliphatic carbocycles. The Labute approximate surface area is 403 Å². The van der Waals surface area contributed by atoms with Crippen molar-refractivity contribution in [2.24, 2.45) is 0 Å². The number of terminal acetylenes is 1. The SMILES string of the molecule is C#Cc1cccc(COc2cccc(N(CC(=O)OC(C)(C)C)C(=O)c3c(F)cccc3F)c2)c1.CC(C)(C)OC(=O)CN(C(=O)c1c(F)cccc1F)c1cccc(OCc2ccccc2C#N)c1. The summed E-state index contributed by atoms with van der Waals surface area (Å²) in [6, 6.07) is 35.0. The Morgan fingerprint density at radius 3 is 1.43 bits per heavy atom. The zero-order chi connectivity index (χ0) is 51.2. The van der Waals surface area contributed by atoms with Gasteiger partial charge in [0.1, 0.15) is 83.4 Å². The Balaban J connectivity index is 0.000000261. The van der Waals surface area contributed by atoms with Crippen LogP contribution in [0.3, 0.4) is 0 Å². The van der Waals surface area contributed by atoms with Gasteiger partial charge in [-0.15, -0.1) is 6.42 Å². The molecular weight excluding hydrogens is 907 g/mol. The number of halogens is 4. The van der Waals surface area contributed by atoms with E-state index in [1.807, 2.05) is 18.2 Å². The first-order valence-electron chi connectivity index (χ1n) is 21.6. The smallest absolute Gasteiger partial charge is 0.326 e. The van der Waals surface area contributed by atoms with Gasteiger partial charge in [0.05, 0.1) is 11.6 Å². The summed E-state index contributed by atoms with van der Waals surface area (Å²) < 4.78 is 79.8. The lowest BCUT2D eigenvalue weighted by molar-refractivity contribution is -0.154.